The van der Waals surface area contributed by atoms with Crippen molar-refractivity contribution in [1.29, 1.82) is 0 Å². The molecule has 0 atom stereocenters. The van der Waals surface area contributed by atoms with Gasteiger partial charge in [0.25, 0.3) is 5.56 Å². The highest BCUT2D eigenvalue weighted by molar-refractivity contribution is 9.10. The normalized spacial score (nSPS) is 16.7. The van der Waals surface area contributed by atoms with Gasteiger partial charge in [0.2, 0.25) is 11.9 Å². The lowest BCUT2D eigenvalue weighted by atomic mass is 9.92. The first-order chi connectivity index (χ1) is 18.8. The number of piperidine rings is 1. The van der Waals surface area contributed by atoms with Crippen LogP contribution in [0.3, 0.4) is 0 Å². The number of amides is 1. The molecule has 208 valence electrons. The van der Waals surface area contributed by atoms with Crippen molar-refractivity contribution in [3.05, 3.63) is 50.9 Å². The van der Waals surface area contributed by atoms with Crippen LogP contribution in [0, 0.1) is 12.8 Å². The number of anilines is 3. The number of aromatic nitrogens is 3. The Hall–Kier alpha value is -2.98. The molecule has 1 saturated heterocycles. The van der Waals surface area contributed by atoms with Crippen molar-refractivity contribution in [3.8, 4) is 0 Å². The molecule has 2 aliphatic rings. The van der Waals surface area contributed by atoms with E-state index in [1.54, 1.807) is 0 Å². The third-order valence-electron chi connectivity index (χ3n) is 8.28. The van der Waals surface area contributed by atoms with Gasteiger partial charge in [-0.2, -0.15) is 4.98 Å². The van der Waals surface area contributed by atoms with E-state index < -0.39 is 0 Å². The number of benzene rings is 1. The number of nitrogens with zero attached hydrogens (tertiary/aromatic N) is 5. The SMILES string of the molecule is CC(=O)N(O)CCCC1CCN(c2ccc(Nc3ncc4c(C)c(Br)c(=O)n(C5CCCC5)c4n3)cc2)CC1. The van der Waals surface area contributed by atoms with Crippen LogP contribution in [0.2, 0.25) is 0 Å². The third-order valence-corrected chi connectivity index (χ3v) is 9.21. The summed E-state index contributed by atoms with van der Waals surface area (Å²) in [6, 6.07) is 8.51. The van der Waals surface area contributed by atoms with Crippen molar-refractivity contribution in [3.63, 3.8) is 0 Å². The van der Waals surface area contributed by atoms with E-state index in [1.165, 1.54) is 12.6 Å². The maximum absolute atomic E-state index is 13.2. The molecule has 2 fully saturated rings. The molecule has 1 saturated carbocycles. The van der Waals surface area contributed by atoms with Crippen molar-refractivity contribution in [1.82, 2.24) is 19.6 Å². The lowest BCUT2D eigenvalue weighted by Crippen LogP contribution is -2.34. The van der Waals surface area contributed by atoms with Gasteiger partial charge in [0, 0.05) is 55.6 Å². The van der Waals surface area contributed by atoms with Gasteiger partial charge in [0.15, 0.2) is 0 Å². The van der Waals surface area contributed by atoms with Gasteiger partial charge in [-0.25, -0.2) is 10.0 Å². The first-order valence-electron chi connectivity index (χ1n) is 14.0. The van der Waals surface area contributed by atoms with E-state index in [-0.39, 0.29) is 17.5 Å². The van der Waals surface area contributed by atoms with Gasteiger partial charge in [-0.3, -0.25) is 19.4 Å². The fourth-order valence-electron chi connectivity index (χ4n) is 5.91. The summed E-state index contributed by atoms with van der Waals surface area (Å²) in [5.74, 6) is 0.802. The molecule has 1 aromatic carbocycles. The second-order valence-electron chi connectivity index (χ2n) is 10.9. The Balaban J connectivity index is 1.23. The molecule has 0 unspecified atom stereocenters. The Labute approximate surface area is 237 Å². The minimum Gasteiger partial charge on any atom is -0.372 e. The van der Waals surface area contributed by atoms with Crippen molar-refractivity contribution in [2.45, 2.75) is 71.3 Å². The molecular formula is C29H37BrN6O3. The van der Waals surface area contributed by atoms with Crippen LogP contribution in [0.4, 0.5) is 17.3 Å². The molecule has 2 aromatic heterocycles. The summed E-state index contributed by atoms with van der Waals surface area (Å²) < 4.78 is 2.46. The molecular weight excluding hydrogens is 560 g/mol. The summed E-state index contributed by atoms with van der Waals surface area (Å²) in [5, 5.41) is 14.6. The standard InChI is InChI=1S/C29H37BrN6O3/c1-19-25-18-31-29(33-27(25)36(28(38)26(19)30)24-7-3-4-8-24)32-22-9-11-23(12-10-22)34-16-13-21(14-17-34)6-5-15-35(39)20(2)37/h9-12,18,21,24,39H,3-8,13-17H2,1-2H3,(H,31,32,33). The Morgan fingerprint density at radius 1 is 1.15 bits per heavy atom. The first-order valence-corrected chi connectivity index (χ1v) is 14.8. The molecule has 9 nitrogen and oxygen atoms in total. The fourth-order valence-corrected chi connectivity index (χ4v) is 6.32. The zero-order valence-electron chi connectivity index (χ0n) is 22.7. The van der Waals surface area contributed by atoms with Crippen LogP contribution in [-0.4, -0.2) is 50.3 Å². The van der Waals surface area contributed by atoms with Crippen LogP contribution in [-0.2, 0) is 4.79 Å². The van der Waals surface area contributed by atoms with Crippen LogP contribution in [0.25, 0.3) is 11.0 Å². The van der Waals surface area contributed by atoms with E-state index >= 15 is 0 Å². The van der Waals surface area contributed by atoms with Crippen LogP contribution in [0.5, 0.6) is 0 Å². The second-order valence-corrected chi connectivity index (χ2v) is 11.7. The lowest BCUT2D eigenvalue weighted by Gasteiger charge is -2.34. The number of hydrogen-bond acceptors (Lipinski definition) is 7. The summed E-state index contributed by atoms with van der Waals surface area (Å²) in [6.07, 6.45) is 10.1. The molecule has 3 aromatic rings. The maximum Gasteiger partial charge on any atom is 0.267 e. The highest BCUT2D eigenvalue weighted by Crippen LogP contribution is 2.33. The highest BCUT2D eigenvalue weighted by Gasteiger charge is 2.24. The fraction of sp³-hybridized carbons (Fsp3) is 0.517. The number of aryl methyl sites for hydroxylation is 1. The number of fused-ring (bicyclic) bond motifs is 1. The Morgan fingerprint density at radius 3 is 2.51 bits per heavy atom. The molecule has 1 aliphatic heterocycles. The quantitative estimate of drug-likeness (QED) is 0.244. The lowest BCUT2D eigenvalue weighted by molar-refractivity contribution is -0.162. The number of carbonyl (C=O) groups is 1. The van der Waals surface area contributed by atoms with Gasteiger partial charge in [-0.1, -0.05) is 12.8 Å². The summed E-state index contributed by atoms with van der Waals surface area (Å²) in [6.45, 7) is 5.70. The topological polar surface area (TPSA) is 104 Å². The number of hydroxylamine groups is 2. The molecule has 0 radical (unpaired) electrons. The molecule has 2 N–H and O–H groups in total. The monoisotopic (exact) mass is 596 g/mol. The van der Waals surface area contributed by atoms with Crippen LogP contribution in [0.1, 0.15) is 69.9 Å². The van der Waals surface area contributed by atoms with E-state index in [1.807, 2.05) is 29.8 Å². The molecule has 10 heteroatoms. The second kappa shape index (κ2) is 12.0. The molecule has 3 heterocycles. The zero-order valence-corrected chi connectivity index (χ0v) is 24.3. The number of nitrogens with one attached hydrogen (secondary N) is 1. The van der Waals surface area contributed by atoms with Crippen LogP contribution in [0.15, 0.2) is 39.7 Å². The van der Waals surface area contributed by atoms with Crippen molar-refractivity contribution >= 4 is 50.2 Å². The average Bonchev–Trinajstić information content (AvgIpc) is 3.47. The predicted molar refractivity (Wildman–Crippen MR) is 157 cm³/mol. The smallest absolute Gasteiger partial charge is 0.267 e. The number of carbonyl (C=O) groups excluding carboxylic acids is 1. The molecule has 0 bridgehead atoms. The predicted octanol–water partition coefficient (Wildman–Crippen LogP) is 5.96. The Kier molecular flexibility index (Phi) is 8.52. The van der Waals surface area contributed by atoms with E-state index in [2.05, 4.69) is 43.3 Å². The van der Waals surface area contributed by atoms with Gasteiger partial charge >= 0.3 is 0 Å². The van der Waals surface area contributed by atoms with E-state index in [9.17, 15) is 14.8 Å². The first kappa shape index (κ1) is 27.6. The van der Waals surface area contributed by atoms with E-state index in [0.717, 1.165) is 86.2 Å². The van der Waals surface area contributed by atoms with Crippen molar-refractivity contribution < 1.29 is 10.0 Å². The third kappa shape index (κ3) is 6.11. The number of halogens is 1. The maximum atomic E-state index is 13.2. The minimum absolute atomic E-state index is 0.0175. The zero-order chi connectivity index (χ0) is 27.5. The largest absolute Gasteiger partial charge is 0.372 e. The molecule has 39 heavy (non-hydrogen) atoms. The number of rotatable bonds is 8. The van der Waals surface area contributed by atoms with E-state index in [4.69, 9.17) is 4.98 Å². The summed E-state index contributed by atoms with van der Waals surface area (Å²) in [5.41, 5.74) is 3.63. The summed E-state index contributed by atoms with van der Waals surface area (Å²) in [4.78, 5) is 36.1. The molecule has 0 spiro atoms. The van der Waals surface area contributed by atoms with Gasteiger partial charge in [-0.15, -0.1) is 0 Å². The van der Waals surface area contributed by atoms with E-state index in [0.29, 0.717) is 28.5 Å². The van der Waals surface area contributed by atoms with Crippen LogP contribution >= 0.6 is 15.9 Å². The van der Waals surface area contributed by atoms with Gasteiger partial charge in [0.05, 0.1) is 4.47 Å². The van der Waals surface area contributed by atoms with Crippen molar-refractivity contribution in [2.75, 3.05) is 29.9 Å². The number of pyridine rings is 1. The Morgan fingerprint density at radius 2 is 1.85 bits per heavy atom. The molecule has 5 rings (SSSR count). The number of hydrogen-bond donors (Lipinski definition) is 2. The summed E-state index contributed by atoms with van der Waals surface area (Å²) in [7, 11) is 0. The van der Waals surface area contributed by atoms with Gasteiger partial charge in [0.1, 0.15) is 5.65 Å². The highest BCUT2D eigenvalue weighted by atomic mass is 79.9. The minimum atomic E-state index is -0.303. The van der Waals surface area contributed by atoms with Gasteiger partial charge < -0.3 is 10.2 Å². The van der Waals surface area contributed by atoms with Crippen molar-refractivity contribution in [2.24, 2.45) is 5.92 Å². The Bertz CT molecular complexity index is 1380. The van der Waals surface area contributed by atoms with Crippen LogP contribution < -0.4 is 15.8 Å². The summed E-state index contributed by atoms with van der Waals surface area (Å²) >= 11 is 3.50. The molecule has 1 amide bonds. The average molecular weight is 598 g/mol. The molecule has 1 aliphatic carbocycles. The van der Waals surface area contributed by atoms with Gasteiger partial charge in [-0.05, 0) is 97.1 Å².